The van der Waals surface area contributed by atoms with Crippen molar-refractivity contribution in [3.05, 3.63) is 74.2 Å². The number of carbonyl (C=O) groups is 1. The first-order valence-electron chi connectivity index (χ1n) is 5.78. The summed E-state index contributed by atoms with van der Waals surface area (Å²) >= 11 is 0. The van der Waals surface area contributed by atoms with Gasteiger partial charge in [-0.05, 0) is 12.1 Å². The van der Waals surface area contributed by atoms with Crippen molar-refractivity contribution in [2.45, 2.75) is 0 Å². The fraction of sp³-hybridized carbons (Fsp3) is 0. The molecule has 0 unspecified atom stereocenters. The second kappa shape index (κ2) is 4.58. The third kappa shape index (κ3) is 1.83. The van der Waals surface area contributed by atoms with E-state index in [2.05, 4.69) is 10.5 Å². The van der Waals surface area contributed by atoms with Crippen LogP contribution in [0.4, 0.5) is 0 Å². The number of fused-ring (bicyclic) bond motifs is 1. The van der Waals surface area contributed by atoms with Crippen molar-refractivity contribution in [3.63, 3.8) is 0 Å². The van der Waals surface area contributed by atoms with Gasteiger partial charge in [0.15, 0.2) is 11.1 Å². The molecule has 6 nitrogen and oxygen atoms in total. The van der Waals surface area contributed by atoms with Crippen LogP contribution in [0.3, 0.4) is 0 Å². The molecule has 20 heavy (non-hydrogen) atoms. The minimum atomic E-state index is -0.626. The summed E-state index contributed by atoms with van der Waals surface area (Å²) in [6.45, 7) is 0. The van der Waals surface area contributed by atoms with Gasteiger partial charge in [0.05, 0.1) is 6.26 Å². The van der Waals surface area contributed by atoms with E-state index in [-0.39, 0.29) is 11.1 Å². The summed E-state index contributed by atoms with van der Waals surface area (Å²) in [7, 11) is 0. The molecule has 0 aliphatic heterocycles. The smallest absolute Gasteiger partial charge is 0.307 e. The lowest BCUT2D eigenvalue weighted by Crippen LogP contribution is -2.35. The van der Waals surface area contributed by atoms with Gasteiger partial charge in [0.2, 0.25) is 10.9 Å². The molecular weight excluding hydrogens is 260 g/mol. The Hall–Kier alpha value is -3.02. The summed E-state index contributed by atoms with van der Waals surface area (Å²) in [6.07, 6.45) is 1.34. The summed E-state index contributed by atoms with van der Waals surface area (Å²) < 4.78 is 4.87. The van der Waals surface area contributed by atoms with E-state index in [1.165, 1.54) is 12.3 Å². The molecule has 0 radical (unpaired) electrons. The van der Waals surface area contributed by atoms with Gasteiger partial charge in [-0.2, -0.15) is 5.10 Å². The van der Waals surface area contributed by atoms with Crippen molar-refractivity contribution in [3.8, 4) is 0 Å². The highest BCUT2D eigenvalue weighted by atomic mass is 16.3. The Morgan fingerprint density at radius 2 is 1.65 bits per heavy atom. The van der Waals surface area contributed by atoms with Gasteiger partial charge in [-0.15, -0.1) is 0 Å². The molecule has 2 aromatic carbocycles. The van der Waals surface area contributed by atoms with Crippen LogP contribution in [-0.2, 0) is 0 Å². The minimum Gasteiger partial charge on any atom is -0.459 e. The van der Waals surface area contributed by atoms with Crippen molar-refractivity contribution in [1.29, 1.82) is 0 Å². The van der Waals surface area contributed by atoms with E-state index in [9.17, 15) is 14.4 Å². The molecule has 0 spiro atoms. The molecule has 98 valence electrons. The van der Waals surface area contributed by atoms with Gasteiger partial charge in [-0.3, -0.25) is 14.4 Å². The maximum atomic E-state index is 12.0. The molecule has 1 N–H and O–H groups in total. The van der Waals surface area contributed by atoms with E-state index < -0.39 is 16.8 Å². The van der Waals surface area contributed by atoms with E-state index in [4.69, 9.17) is 4.42 Å². The van der Waals surface area contributed by atoms with Crippen LogP contribution >= 0.6 is 0 Å². The van der Waals surface area contributed by atoms with Gasteiger partial charge in [0, 0.05) is 10.8 Å². The Kier molecular flexibility index (Phi) is 2.76. The number of furan rings is 1. The van der Waals surface area contributed by atoms with Gasteiger partial charge in [0.25, 0.3) is 0 Å². The standard InChI is InChI=1S/C14H8N2O4/c17-12-8-4-1-2-5-9(8)13(18)11(12)15-16-14(19)10-6-3-7-20-10/h1-7H,(H,16,19). The molecule has 3 aromatic rings. The normalized spacial score (nSPS) is 10.6. The molecule has 0 bridgehead atoms. The highest BCUT2D eigenvalue weighted by Gasteiger charge is 2.11. The van der Waals surface area contributed by atoms with Crippen molar-refractivity contribution < 1.29 is 9.21 Å². The molecule has 1 aromatic heterocycles. The molecule has 1 heterocycles. The number of hydrogen-bond donors (Lipinski definition) is 1. The molecule has 0 fully saturated rings. The number of benzene rings is 1. The zero-order chi connectivity index (χ0) is 14.1. The molecule has 0 aliphatic carbocycles. The SMILES string of the molecule is O=C(NN=c1c(=O)c2ccccc2c1=O)c1ccco1. The second-order valence-corrected chi connectivity index (χ2v) is 4.08. The molecule has 0 atom stereocenters. The number of carbonyl (C=O) groups excluding carboxylic acids is 1. The number of rotatable bonds is 2. The molecule has 6 heteroatoms. The van der Waals surface area contributed by atoms with Gasteiger partial charge < -0.3 is 4.42 Å². The predicted octanol–water partition coefficient (Wildman–Crippen LogP) is 0.274. The Bertz CT molecular complexity index is 882. The highest BCUT2D eigenvalue weighted by molar-refractivity contribution is 5.91. The van der Waals surface area contributed by atoms with Crippen LogP contribution in [0.1, 0.15) is 10.6 Å². The lowest BCUT2D eigenvalue weighted by molar-refractivity contribution is 0.0925. The van der Waals surface area contributed by atoms with Gasteiger partial charge >= 0.3 is 5.91 Å². The number of amides is 1. The van der Waals surface area contributed by atoms with Crippen molar-refractivity contribution in [2.75, 3.05) is 0 Å². The number of hydrogen-bond acceptors (Lipinski definition) is 5. The van der Waals surface area contributed by atoms with Crippen LogP contribution in [0.25, 0.3) is 10.8 Å². The molecule has 3 rings (SSSR count). The number of nitrogens with zero attached hydrogens (tertiary/aromatic N) is 1. The van der Waals surface area contributed by atoms with Crippen LogP contribution in [0.15, 0.2) is 61.8 Å². The summed E-state index contributed by atoms with van der Waals surface area (Å²) in [5.41, 5.74) is 1.15. The first-order chi connectivity index (χ1) is 9.68. The predicted molar refractivity (Wildman–Crippen MR) is 70.6 cm³/mol. The topological polar surface area (TPSA) is 88.7 Å². The molecule has 1 amide bonds. The Labute approximate surface area is 111 Å². The molecule has 0 saturated heterocycles. The second-order valence-electron chi connectivity index (χ2n) is 4.08. The maximum absolute atomic E-state index is 12.0. The first kappa shape index (κ1) is 12.0. The van der Waals surface area contributed by atoms with E-state index in [1.54, 1.807) is 30.3 Å². The molecular formula is C14H8N2O4. The van der Waals surface area contributed by atoms with E-state index in [0.29, 0.717) is 10.8 Å². The third-order valence-electron chi connectivity index (χ3n) is 2.86. The average Bonchev–Trinajstić information content (AvgIpc) is 3.07. The first-order valence-corrected chi connectivity index (χ1v) is 5.78. The quantitative estimate of drug-likeness (QED) is 0.676. The van der Waals surface area contributed by atoms with Gasteiger partial charge in [-0.1, -0.05) is 24.3 Å². The van der Waals surface area contributed by atoms with Crippen molar-refractivity contribution in [2.24, 2.45) is 5.10 Å². The van der Waals surface area contributed by atoms with Gasteiger partial charge in [-0.25, -0.2) is 5.43 Å². The van der Waals surface area contributed by atoms with Crippen LogP contribution in [0.5, 0.6) is 0 Å². The Balaban J connectivity index is 2.07. The van der Waals surface area contributed by atoms with Gasteiger partial charge in [0.1, 0.15) is 0 Å². The average molecular weight is 268 g/mol. The Morgan fingerprint density at radius 1 is 1.00 bits per heavy atom. The molecule has 0 saturated carbocycles. The fourth-order valence-electron chi connectivity index (χ4n) is 1.91. The van der Waals surface area contributed by atoms with E-state index in [1.807, 2.05) is 0 Å². The lowest BCUT2D eigenvalue weighted by Gasteiger charge is -1.92. The van der Waals surface area contributed by atoms with Crippen molar-refractivity contribution in [1.82, 2.24) is 5.43 Å². The summed E-state index contributed by atoms with van der Waals surface area (Å²) in [5, 5.41) is 3.90. The van der Waals surface area contributed by atoms with E-state index in [0.717, 1.165) is 0 Å². The largest absolute Gasteiger partial charge is 0.459 e. The summed E-state index contributed by atoms with van der Waals surface area (Å²) in [5.74, 6) is -0.580. The van der Waals surface area contributed by atoms with E-state index >= 15 is 0 Å². The maximum Gasteiger partial charge on any atom is 0.307 e. The monoisotopic (exact) mass is 268 g/mol. The van der Waals surface area contributed by atoms with Crippen LogP contribution in [0.2, 0.25) is 0 Å². The van der Waals surface area contributed by atoms with Crippen molar-refractivity contribution >= 4 is 16.7 Å². The zero-order valence-electron chi connectivity index (χ0n) is 10.1. The van der Waals surface area contributed by atoms with Crippen LogP contribution in [-0.4, -0.2) is 5.91 Å². The van der Waals surface area contributed by atoms with Crippen LogP contribution < -0.4 is 21.6 Å². The lowest BCUT2D eigenvalue weighted by atomic mass is 10.2. The van der Waals surface area contributed by atoms with Crippen LogP contribution in [0, 0.1) is 0 Å². The Morgan fingerprint density at radius 3 is 2.20 bits per heavy atom. The highest BCUT2D eigenvalue weighted by Crippen LogP contribution is 2.02. The molecule has 0 aliphatic rings. The summed E-state index contributed by atoms with van der Waals surface area (Å²) in [4.78, 5) is 35.6. The minimum absolute atomic E-state index is 0.0461. The zero-order valence-corrected chi connectivity index (χ0v) is 10.1. The third-order valence-corrected chi connectivity index (χ3v) is 2.86. The fourth-order valence-corrected chi connectivity index (χ4v) is 1.91. The number of nitrogens with one attached hydrogen (secondary N) is 1. The summed E-state index contributed by atoms with van der Waals surface area (Å²) in [6, 6.07) is 9.41.